The molecule has 0 aromatic heterocycles. The van der Waals surface area contributed by atoms with Crippen LogP contribution in [0, 0.1) is 17.1 Å². The average molecular weight is 389 g/mol. The smallest absolute Gasteiger partial charge is 0.346 e. The van der Waals surface area contributed by atoms with Crippen LogP contribution in [0.25, 0.3) is 0 Å². The predicted molar refractivity (Wildman–Crippen MR) is 78.8 cm³/mol. The SMILES string of the molecule is [2H]c1c(F)c([2H])c(Oc2ccc3c4c2[C@@]([2H])(F)C[C@]4(O)C(F)(F)C3(F)F)c([2H])c1C#N. The van der Waals surface area contributed by atoms with Crippen molar-refractivity contribution in [3.8, 4) is 17.6 Å². The summed E-state index contributed by atoms with van der Waals surface area (Å²) in [7, 11) is 0. The number of hydrogen-bond donors (Lipinski definition) is 1. The number of halogens is 6. The van der Waals surface area contributed by atoms with Crippen molar-refractivity contribution in [2.45, 2.75) is 30.0 Å². The largest absolute Gasteiger partial charge is 0.457 e. The van der Waals surface area contributed by atoms with Gasteiger partial charge in [0.15, 0.2) is 5.60 Å². The number of benzene rings is 2. The Balaban J connectivity index is 1.99. The molecule has 0 unspecified atom stereocenters. The molecule has 2 atom stereocenters. The normalized spacial score (nSPS) is 31.3. The molecule has 1 N–H and O–H groups in total. The minimum atomic E-state index is -5.15. The van der Waals surface area contributed by atoms with E-state index in [1.165, 1.54) is 6.07 Å². The van der Waals surface area contributed by atoms with Gasteiger partial charge in [-0.3, -0.25) is 0 Å². The molecular formula is C18H9F6NO2. The number of ether oxygens (including phenoxy) is 1. The van der Waals surface area contributed by atoms with Crippen LogP contribution in [0.1, 0.15) is 40.3 Å². The minimum Gasteiger partial charge on any atom is -0.457 e. The zero-order valence-electron chi connectivity index (χ0n) is 16.9. The van der Waals surface area contributed by atoms with Crippen LogP contribution in [-0.2, 0) is 11.5 Å². The van der Waals surface area contributed by atoms with Crippen molar-refractivity contribution < 1.29 is 41.7 Å². The Labute approximate surface area is 154 Å². The molecule has 0 fully saturated rings. The van der Waals surface area contributed by atoms with Crippen molar-refractivity contribution in [2.24, 2.45) is 0 Å². The highest BCUT2D eigenvalue weighted by molar-refractivity contribution is 5.60. The van der Waals surface area contributed by atoms with Gasteiger partial charge in [0.1, 0.15) is 23.5 Å². The number of rotatable bonds is 2. The highest BCUT2D eigenvalue weighted by atomic mass is 19.3. The Morgan fingerprint density at radius 2 is 1.96 bits per heavy atom. The molecule has 2 aliphatic rings. The van der Waals surface area contributed by atoms with Crippen LogP contribution in [0.2, 0.25) is 0 Å². The van der Waals surface area contributed by atoms with E-state index in [2.05, 4.69) is 0 Å². The van der Waals surface area contributed by atoms with Gasteiger partial charge in [0.2, 0.25) is 0 Å². The van der Waals surface area contributed by atoms with E-state index in [0.717, 1.165) is 0 Å². The van der Waals surface area contributed by atoms with Crippen molar-refractivity contribution in [1.82, 2.24) is 0 Å². The van der Waals surface area contributed by atoms with E-state index in [-0.39, 0.29) is 0 Å². The third-order valence-electron chi connectivity index (χ3n) is 4.54. The van der Waals surface area contributed by atoms with Gasteiger partial charge in [0.05, 0.1) is 17.1 Å². The monoisotopic (exact) mass is 389 g/mol. The Kier molecular flexibility index (Phi) is 2.57. The van der Waals surface area contributed by atoms with Crippen molar-refractivity contribution >= 4 is 0 Å². The number of hydrogen-bond acceptors (Lipinski definition) is 3. The van der Waals surface area contributed by atoms with Gasteiger partial charge in [-0.25, -0.2) is 8.78 Å². The molecule has 0 saturated heterocycles. The van der Waals surface area contributed by atoms with Gasteiger partial charge in [0, 0.05) is 29.2 Å². The van der Waals surface area contributed by atoms with E-state index in [9.17, 15) is 31.4 Å². The third-order valence-corrected chi connectivity index (χ3v) is 4.54. The van der Waals surface area contributed by atoms with Gasteiger partial charge in [-0.15, -0.1) is 0 Å². The molecule has 2 aliphatic carbocycles. The van der Waals surface area contributed by atoms with E-state index in [0.29, 0.717) is 12.1 Å². The highest BCUT2D eigenvalue weighted by Crippen LogP contribution is 2.68. The topological polar surface area (TPSA) is 53.2 Å². The molecule has 0 heterocycles. The number of nitriles is 1. The fraction of sp³-hybridized carbons (Fsp3) is 0.278. The van der Waals surface area contributed by atoms with Gasteiger partial charge in [-0.2, -0.15) is 22.8 Å². The maximum atomic E-state index is 15.0. The second-order valence-electron chi connectivity index (χ2n) is 6.06. The second-order valence-corrected chi connectivity index (χ2v) is 6.06. The molecule has 4 rings (SSSR count). The first-order valence-corrected chi connectivity index (χ1v) is 7.36. The summed E-state index contributed by atoms with van der Waals surface area (Å²) >= 11 is 0. The second kappa shape index (κ2) is 5.16. The summed E-state index contributed by atoms with van der Waals surface area (Å²) in [6.45, 7) is 0. The van der Waals surface area contributed by atoms with Gasteiger partial charge in [-0.05, 0) is 24.2 Å². The summed E-state index contributed by atoms with van der Waals surface area (Å²) < 4.78 is 122. The summed E-state index contributed by atoms with van der Waals surface area (Å²) in [5.41, 5.74) is -8.45. The maximum absolute atomic E-state index is 15.0. The Bertz CT molecular complexity index is 1210. The van der Waals surface area contributed by atoms with Crippen LogP contribution in [0.5, 0.6) is 11.5 Å². The zero-order chi connectivity index (χ0) is 23.3. The molecule has 0 aliphatic heterocycles. The summed E-state index contributed by atoms with van der Waals surface area (Å²) in [6, 6.07) is -0.933. The molecule has 0 saturated carbocycles. The summed E-state index contributed by atoms with van der Waals surface area (Å²) in [4.78, 5) is 0. The Hall–Kier alpha value is -2.73. The summed E-state index contributed by atoms with van der Waals surface area (Å²) in [5, 5.41) is 19.3. The fourth-order valence-electron chi connectivity index (χ4n) is 3.36. The fourth-order valence-corrected chi connectivity index (χ4v) is 3.36. The van der Waals surface area contributed by atoms with Crippen LogP contribution in [0.4, 0.5) is 26.3 Å². The van der Waals surface area contributed by atoms with E-state index in [1.807, 2.05) is 0 Å². The molecule has 9 heteroatoms. The predicted octanol–water partition coefficient (Wildman–Crippen LogP) is 4.83. The molecule has 0 amide bonds. The molecular weight excluding hydrogens is 376 g/mol. The Morgan fingerprint density at radius 3 is 2.63 bits per heavy atom. The van der Waals surface area contributed by atoms with E-state index in [4.69, 9.17) is 15.5 Å². The van der Waals surface area contributed by atoms with E-state index in [1.54, 1.807) is 0 Å². The van der Waals surface area contributed by atoms with Crippen LogP contribution in [0.15, 0.2) is 30.3 Å². The van der Waals surface area contributed by atoms with Crippen molar-refractivity contribution in [1.29, 1.82) is 5.26 Å². The van der Waals surface area contributed by atoms with Gasteiger partial charge < -0.3 is 9.84 Å². The highest BCUT2D eigenvalue weighted by Gasteiger charge is 2.79. The van der Waals surface area contributed by atoms with Crippen LogP contribution < -0.4 is 4.74 Å². The lowest BCUT2D eigenvalue weighted by Crippen LogP contribution is -2.48. The molecule has 2 aromatic carbocycles. The van der Waals surface area contributed by atoms with Gasteiger partial charge in [-0.1, -0.05) is 0 Å². The van der Waals surface area contributed by atoms with Crippen molar-refractivity contribution in [3.05, 3.63) is 58.3 Å². The zero-order valence-corrected chi connectivity index (χ0v) is 12.9. The summed E-state index contributed by atoms with van der Waals surface area (Å²) in [5.74, 6) is -13.5. The van der Waals surface area contributed by atoms with Crippen molar-refractivity contribution in [3.63, 3.8) is 0 Å². The van der Waals surface area contributed by atoms with Crippen LogP contribution in [-0.4, -0.2) is 11.0 Å². The van der Waals surface area contributed by atoms with E-state index < -0.39 is 87.7 Å². The number of aliphatic hydroxyl groups is 1. The standard InChI is InChI=1S/C18H9F6NO2/c19-9-3-8(7-25)4-10(5-9)27-13-2-1-11-15-14(13)12(20)6-16(15,26)18(23,24)17(11,21)22/h1-5,12,26H,6H2/t12-,16+/m0/s1/i3D,4D,5D,12D. The van der Waals surface area contributed by atoms with Gasteiger partial charge in [0.25, 0.3) is 0 Å². The molecule has 140 valence electrons. The molecule has 0 bridgehead atoms. The van der Waals surface area contributed by atoms with Crippen LogP contribution in [0.3, 0.4) is 0 Å². The lowest BCUT2D eigenvalue weighted by atomic mass is 9.95. The van der Waals surface area contributed by atoms with Gasteiger partial charge >= 0.3 is 11.8 Å². The first-order valence-electron chi connectivity index (χ1n) is 9.36. The molecule has 0 spiro atoms. The lowest BCUT2D eigenvalue weighted by molar-refractivity contribution is -0.287. The molecule has 27 heavy (non-hydrogen) atoms. The number of alkyl halides is 5. The molecule has 2 aromatic rings. The minimum absolute atomic E-state index is 0.412. The van der Waals surface area contributed by atoms with E-state index >= 15 is 0 Å². The third kappa shape index (κ3) is 2.07. The average Bonchev–Trinajstić information content (AvgIpc) is 2.96. The molecule has 3 nitrogen and oxygen atoms in total. The van der Waals surface area contributed by atoms with Crippen molar-refractivity contribution in [2.75, 3.05) is 0 Å². The summed E-state index contributed by atoms with van der Waals surface area (Å²) in [6.07, 6.45) is -5.29. The Morgan fingerprint density at radius 1 is 1.26 bits per heavy atom. The number of nitrogens with zero attached hydrogens (tertiary/aromatic N) is 1. The first kappa shape index (κ1) is 13.4. The molecule has 0 radical (unpaired) electrons. The maximum Gasteiger partial charge on any atom is 0.346 e. The quantitative estimate of drug-likeness (QED) is 0.749. The van der Waals surface area contributed by atoms with Crippen LogP contribution >= 0.6 is 0 Å². The lowest BCUT2D eigenvalue weighted by Gasteiger charge is -2.30. The first-order chi connectivity index (χ1) is 14.1.